The lowest BCUT2D eigenvalue weighted by atomic mass is 10.1. The van der Waals surface area contributed by atoms with Crippen LogP contribution < -0.4 is 4.74 Å². The van der Waals surface area contributed by atoms with Crippen molar-refractivity contribution in [1.82, 2.24) is 3.97 Å². The maximum absolute atomic E-state index is 13.4. The lowest BCUT2D eigenvalue weighted by Crippen LogP contribution is -2.12. The number of ether oxygens (including phenoxy) is 1. The molecule has 7 nitrogen and oxygen atoms in total. The Balaban J connectivity index is 2.06. The number of nitro benzene ring substituents is 1. The first-order chi connectivity index (χ1) is 13.3. The molecule has 0 amide bonds. The van der Waals surface area contributed by atoms with Gasteiger partial charge in [0.1, 0.15) is 5.75 Å². The van der Waals surface area contributed by atoms with E-state index < -0.39 is 14.9 Å². The van der Waals surface area contributed by atoms with E-state index in [9.17, 15) is 18.5 Å². The van der Waals surface area contributed by atoms with E-state index in [1.807, 2.05) is 12.1 Å². The third kappa shape index (κ3) is 2.83. The first-order valence-corrected chi connectivity index (χ1v) is 10.3. The van der Waals surface area contributed by atoms with Gasteiger partial charge in [0.05, 0.1) is 28.0 Å². The van der Waals surface area contributed by atoms with Crippen LogP contribution in [0, 0.1) is 10.1 Å². The van der Waals surface area contributed by atoms with Crippen LogP contribution in [0.1, 0.15) is 0 Å². The number of hydrogen-bond acceptors (Lipinski definition) is 5. The number of aromatic nitrogens is 1. The minimum atomic E-state index is -4.01. The van der Waals surface area contributed by atoms with Gasteiger partial charge >= 0.3 is 0 Å². The smallest absolute Gasteiger partial charge is 0.269 e. The van der Waals surface area contributed by atoms with Gasteiger partial charge in [-0.3, -0.25) is 10.1 Å². The average molecular weight is 461 g/mol. The van der Waals surface area contributed by atoms with Gasteiger partial charge in [0.25, 0.3) is 15.7 Å². The standard InChI is InChI=1S/C19H13BrN2O5S/c1-27-14-5-8-16-17-10-12(20)2-9-18(17)21(19(16)11-14)28(25,26)15-6-3-13(4-7-15)22(23)24/h2-11H,1H3. The Morgan fingerprint density at radius 3 is 2.32 bits per heavy atom. The van der Waals surface area contributed by atoms with Crippen LogP contribution in [-0.4, -0.2) is 24.4 Å². The summed E-state index contributed by atoms with van der Waals surface area (Å²) in [5.74, 6) is 0.523. The molecule has 9 heteroatoms. The molecule has 0 radical (unpaired) electrons. The predicted octanol–water partition coefficient (Wildman–Crippen LogP) is 4.71. The third-order valence-electron chi connectivity index (χ3n) is 4.48. The van der Waals surface area contributed by atoms with Crippen molar-refractivity contribution >= 4 is 53.4 Å². The van der Waals surface area contributed by atoms with E-state index in [4.69, 9.17) is 4.74 Å². The van der Waals surface area contributed by atoms with Gasteiger partial charge in [-0.15, -0.1) is 0 Å². The zero-order valence-corrected chi connectivity index (χ0v) is 16.9. The van der Waals surface area contributed by atoms with Crippen molar-refractivity contribution in [2.24, 2.45) is 0 Å². The second-order valence-corrected chi connectivity index (χ2v) is 8.77. The Labute approximate surface area is 168 Å². The highest BCUT2D eigenvalue weighted by Crippen LogP contribution is 2.36. The zero-order chi connectivity index (χ0) is 20.1. The fourth-order valence-electron chi connectivity index (χ4n) is 3.17. The highest BCUT2D eigenvalue weighted by Gasteiger charge is 2.24. The molecule has 0 spiro atoms. The van der Waals surface area contributed by atoms with Crippen LogP contribution in [-0.2, 0) is 10.0 Å². The minimum Gasteiger partial charge on any atom is -0.497 e. The van der Waals surface area contributed by atoms with Gasteiger partial charge in [0.15, 0.2) is 0 Å². The summed E-state index contributed by atoms with van der Waals surface area (Å²) in [5, 5.41) is 12.4. The van der Waals surface area contributed by atoms with Crippen LogP contribution >= 0.6 is 15.9 Å². The van der Waals surface area contributed by atoms with Gasteiger partial charge in [-0.2, -0.15) is 0 Å². The monoisotopic (exact) mass is 460 g/mol. The normalized spacial score (nSPS) is 11.8. The number of fused-ring (bicyclic) bond motifs is 3. The molecule has 0 aliphatic rings. The molecule has 28 heavy (non-hydrogen) atoms. The van der Waals surface area contributed by atoms with Gasteiger partial charge < -0.3 is 4.74 Å². The van der Waals surface area contributed by atoms with Crippen LogP contribution in [0.3, 0.4) is 0 Å². The fraction of sp³-hybridized carbons (Fsp3) is 0.0526. The second-order valence-electron chi connectivity index (χ2n) is 6.07. The Kier molecular flexibility index (Phi) is 4.35. The summed E-state index contributed by atoms with van der Waals surface area (Å²) in [6.07, 6.45) is 0. The molecule has 4 aromatic rings. The number of rotatable bonds is 4. The second kappa shape index (κ2) is 6.61. The lowest BCUT2D eigenvalue weighted by Gasteiger charge is -2.10. The molecule has 3 aromatic carbocycles. The van der Waals surface area contributed by atoms with Crippen molar-refractivity contribution in [3.05, 3.63) is 75.3 Å². The minimum absolute atomic E-state index is 0.0392. The summed E-state index contributed by atoms with van der Waals surface area (Å²) in [6, 6.07) is 15.4. The average Bonchev–Trinajstić information content (AvgIpc) is 3.01. The predicted molar refractivity (Wildman–Crippen MR) is 109 cm³/mol. The summed E-state index contributed by atoms with van der Waals surface area (Å²) >= 11 is 3.43. The molecule has 0 aliphatic heterocycles. The molecule has 0 saturated carbocycles. The number of methoxy groups -OCH3 is 1. The molecule has 4 rings (SSSR count). The highest BCUT2D eigenvalue weighted by atomic mass is 79.9. The molecule has 0 aliphatic carbocycles. The van der Waals surface area contributed by atoms with E-state index in [1.165, 1.54) is 35.3 Å². The number of nitrogens with zero attached hydrogens (tertiary/aromatic N) is 2. The molecule has 1 heterocycles. The molecular formula is C19H13BrN2O5S. The van der Waals surface area contributed by atoms with Crippen molar-refractivity contribution in [3.8, 4) is 5.75 Å². The van der Waals surface area contributed by atoms with E-state index >= 15 is 0 Å². The molecule has 0 unspecified atom stereocenters. The first kappa shape index (κ1) is 18.5. The van der Waals surface area contributed by atoms with Crippen LogP contribution in [0.2, 0.25) is 0 Å². The summed E-state index contributed by atoms with van der Waals surface area (Å²) in [4.78, 5) is 10.3. The summed E-state index contributed by atoms with van der Waals surface area (Å²) < 4.78 is 34.2. The number of benzene rings is 3. The molecule has 0 N–H and O–H groups in total. The zero-order valence-electron chi connectivity index (χ0n) is 14.5. The maximum atomic E-state index is 13.4. The number of hydrogen-bond donors (Lipinski definition) is 0. The Morgan fingerprint density at radius 2 is 1.68 bits per heavy atom. The molecule has 1 aromatic heterocycles. The first-order valence-electron chi connectivity index (χ1n) is 8.10. The molecule has 0 fully saturated rings. The Hall–Kier alpha value is -2.91. The van der Waals surface area contributed by atoms with Crippen molar-refractivity contribution in [1.29, 1.82) is 0 Å². The van der Waals surface area contributed by atoms with Crippen LogP contribution in [0.15, 0.2) is 70.0 Å². The SMILES string of the molecule is COc1ccc2c3cc(Br)ccc3n(S(=O)(=O)c3ccc([N+](=O)[O-])cc3)c2c1. The van der Waals surface area contributed by atoms with Crippen LogP contribution in [0.4, 0.5) is 5.69 Å². The molecule has 0 saturated heterocycles. The quantitative estimate of drug-likeness (QED) is 0.324. The van der Waals surface area contributed by atoms with Gasteiger partial charge in [-0.05, 0) is 42.5 Å². The van der Waals surface area contributed by atoms with Crippen molar-refractivity contribution < 1.29 is 18.1 Å². The van der Waals surface area contributed by atoms with Crippen LogP contribution in [0.25, 0.3) is 21.8 Å². The van der Waals surface area contributed by atoms with Crippen molar-refractivity contribution in [2.75, 3.05) is 7.11 Å². The number of nitro groups is 1. The molecule has 142 valence electrons. The fourth-order valence-corrected chi connectivity index (χ4v) is 5.05. The van der Waals surface area contributed by atoms with Gasteiger partial charge in [-0.1, -0.05) is 15.9 Å². The van der Waals surface area contributed by atoms with Crippen LogP contribution in [0.5, 0.6) is 5.75 Å². The van der Waals surface area contributed by atoms with E-state index in [1.54, 1.807) is 24.3 Å². The summed E-state index contributed by atoms with van der Waals surface area (Å²) in [5.41, 5.74) is 0.794. The van der Waals surface area contributed by atoms with Gasteiger partial charge in [0.2, 0.25) is 0 Å². The van der Waals surface area contributed by atoms with Crippen molar-refractivity contribution in [2.45, 2.75) is 4.90 Å². The van der Waals surface area contributed by atoms with E-state index in [0.717, 1.165) is 15.2 Å². The lowest BCUT2D eigenvalue weighted by molar-refractivity contribution is -0.384. The van der Waals surface area contributed by atoms with Gasteiger partial charge in [0, 0.05) is 33.4 Å². The topological polar surface area (TPSA) is 91.4 Å². The largest absolute Gasteiger partial charge is 0.497 e. The molecular weight excluding hydrogens is 448 g/mol. The Bertz CT molecular complexity index is 1340. The summed E-state index contributed by atoms with van der Waals surface area (Å²) in [7, 11) is -2.50. The maximum Gasteiger partial charge on any atom is 0.269 e. The summed E-state index contributed by atoms with van der Waals surface area (Å²) in [6.45, 7) is 0. The van der Waals surface area contributed by atoms with Crippen molar-refractivity contribution in [3.63, 3.8) is 0 Å². The number of halogens is 1. The third-order valence-corrected chi connectivity index (χ3v) is 6.71. The highest BCUT2D eigenvalue weighted by molar-refractivity contribution is 9.10. The molecule has 0 bridgehead atoms. The van der Waals surface area contributed by atoms with E-state index in [0.29, 0.717) is 16.8 Å². The Morgan fingerprint density at radius 1 is 0.964 bits per heavy atom. The number of non-ortho nitro benzene ring substituents is 1. The van der Waals surface area contributed by atoms with E-state index in [-0.39, 0.29) is 10.6 Å². The van der Waals surface area contributed by atoms with E-state index in [2.05, 4.69) is 15.9 Å². The molecule has 0 atom stereocenters. The van der Waals surface area contributed by atoms with Gasteiger partial charge in [-0.25, -0.2) is 12.4 Å².